The van der Waals surface area contributed by atoms with Gasteiger partial charge in [0.1, 0.15) is 5.69 Å². The molecule has 8 heteroatoms. The molecule has 2 aromatic carbocycles. The van der Waals surface area contributed by atoms with Crippen LogP contribution in [0.2, 0.25) is 0 Å². The fourth-order valence-corrected chi connectivity index (χ4v) is 2.97. The molecule has 3 aromatic rings. The number of thiol groups is 1. The first kappa shape index (κ1) is 20.4. The maximum absolute atomic E-state index is 9.23. The molecule has 7 nitrogen and oxygen atoms in total. The van der Waals surface area contributed by atoms with E-state index in [4.69, 9.17) is 23.4 Å². The molecule has 0 N–H and O–H groups in total. The second-order valence-corrected chi connectivity index (χ2v) is 6.42. The summed E-state index contributed by atoms with van der Waals surface area (Å²) in [5.41, 5.74) is 1.99. The van der Waals surface area contributed by atoms with Crippen molar-refractivity contribution in [1.29, 1.82) is 5.26 Å². The van der Waals surface area contributed by atoms with Crippen LogP contribution in [0.15, 0.2) is 40.8 Å². The van der Waals surface area contributed by atoms with Crippen LogP contribution < -0.4 is 18.9 Å². The SMILES string of the molecule is COc1ccc(-c2nc(C(S)C#N)oc2-c2ccc(OC)c(OC)c2)cc1OC. The van der Waals surface area contributed by atoms with Gasteiger partial charge in [0, 0.05) is 11.1 Å². The van der Waals surface area contributed by atoms with Crippen molar-refractivity contribution < 1.29 is 23.4 Å². The number of aromatic nitrogens is 1. The van der Waals surface area contributed by atoms with Gasteiger partial charge in [0.15, 0.2) is 34.0 Å². The van der Waals surface area contributed by atoms with E-state index in [1.807, 2.05) is 18.2 Å². The van der Waals surface area contributed by atoms with Crippen LogP contribution in [0.25, 0.3) is 22.6 Å². The number of hydrogen-bond donors (Lipinski definition) is 1. The van der Waals surface area contributed by atoms with Crippen LogP contribution in [-0.4, -0.2) is 33.4 Å². The van der Waals surface area contributed by atoms with Crippen molar-refractivity contribution in [3.63, 3.8) is 0 Å². The summed E-state index contributed by atoms with van der Waals surface area (Å²) in [6, 6.07) is 12.8. The zero-order valence-corrected chi connectivity index (χ0v) is 17.3. The Kier molecular flexibility index (Phi) is 6.20. The molecule has 1 heterocycles. The Bertz CT molecular complexity index is 985. The predicted octanol–water partition coefficient (Wildman–Crippen LogP) is 4.54. The third-order valence-corrected chi connectivity index (χ3v) is 4.64. The Morgan fingerprint density at radius 3 is 1.90 bits per heavy atom. The molecule has 0 saturated carbocycles. The molecule has 3 rings (SSSR count). The van der Waals surface area contributed by atoms with E-state index in [2.05, 4.69) is 17.6 Å². The van der Waals surface area contributed by atoms with E-state index in [-0.39, 0.29) is 5.89 Å². The summed E-state index contributed by atoms with van der Waals surface area (Å²) in [7, 11) is 6.25. The third kappa shape index (κ3) is 3.96. The molecule has 0 fully saturated rings. The standard InChI is InChI=1S/C21H20N2O5S/c1-24-14-7-5-12(9-16(14)26-3)19-20(28-21(23-19)18(29)11-22)13-6-8-15(25-2)17(10-13)27-4/h5-10,18,29H,1-4H3. The largest absolute Gasteiger partial charge is 0.493 e. The number of benzene rings is 2. The van der Waals surface area contributed by atoms with Crippen molar-refractivity contribution in [1.82, 2.24) is 4.98 Å². The first-order chi connectivity index (χ1) is 14.1. The number of oxazole rings is 1. The van der Waals surface area contributed by atoms with Crippen LogP contribution in [0.5, 0.6) is 23.0 Å². The first-order valence-electron chi connectivity index (χ1n) is 8.59. The summed E-state index contributed by atoms with van der Waals surface area (Å²) >= 11 is 4.24. The second-order valence-electron chi connectivity index (χ2n) is 5.90. The highest BCUT2D eigenvalue weighted by Crippen LogP contribution is 2.41. The van der Waals surface area contributed by atoms with Crippen LogP contribution in [-0.2, 0) is 0 Å². The van der Waals surface area contributed by atoms with Gasteiger partial charge < -0.3 is 23.4 Å². The molecular weight excluding hydrogens is 392 g/mol. The average molecular weight is 412 g/mol. The number of nitrogens with zero attached hydrogens (tertiary/aromatic N) is 2. The van der Waals surface area contributed by atoms with Gasteiger partial charge in [-0.25, -0.2) is 4.98 Å². The van der Waals surface area contributed by atoms with Crippen LogP contribution in [0.3, 0.4) is 0 Å². The van der Waals surface area contributed by atoms with Gasteiger partial charge in [-0.15, -0.1) is 0 Å². The highest BCUT2D eigenvalue weighted by Gasteiger charge is 2.23. The summed E-state index contributed by atoms with van der Waals surface area (Å²) in [4.78, 5) is 4.52. The lowest BCUT2D eigenvalue weighted by molar-refractivity contribution is 0.355. The Morgan fingerprint density at radius 2 is 1.38 bits per heavy atom. The average Bonchev–Trinajstić information content (AvgIpc) is 3.22. The number of ether oxygens (including phenoxy) is 4. The number of methoxy groups -OCH3 is 4. The monoisotopic (exact) mass is 412 g/mol. The van der Waals surface area contributed by atoms with E-state index < -0.39 is 5.25 Å². The van der Waals surface area contributed by atoms with Crippen molar-refractivity contribution in [2.45, 2.75) is 5.25 Å². The van der Waals surface area contributed by atoms with Gasteiger partial charge in [-0.05, 0) is 36.4 Å². The molecule has 1 atom stereocenters. The van der Waals surface area contributed by atoms with Crippen molar-refractivity contribution in [3.8, 4) is 51.6 Å². The van der Waals surface area contributed by atoms with E-state index in [0.717, 1.165) is 5.56 Å². The van der Waals surface area contributed by atoms with Gasteiger partial charge in [-0.2, -0.15) is 17.9 Å². The molecule has 1 aromatic heterocycles. The van der Waals surface area contributed by atoms with E-state index in [9.17, 15) is 5.26 Å². The molecule has 0 amide bonds. The molecule has 0 aliphatic heterocycles. The van der Waals surface area contributed by atoms with Crippen molar-refractivity contribution in [2.24, 2.45) is 0 Å². The quantitative estimate of drug-likeness (QED) is 0.570. The smallest absolute Gasteiger partial charge is 0.222 e. The number of nitriles is 1. The first-order valence-corrected chi connectivity index (χ1v) is 9.11. The maximum Gasteiger partial charge on any atom is 0.222 e. The van der Waals surface area contributed by atoms with Crippen molar-refractivity contribution in [2.75, 3.05) is 28.4 Å². The van der Waals surface area contributed by atoms with Gasteiger partial charge >= 0.3 is 0 Å². The maximum atomic E-state index is 9.23. The molecule has 0 radical (unpaired) electrons. The third-order valence-electron chi connectivity index (χ3n) is 4.30. The van der Waals surface area contributed by atoms with Gasteiger partial charge in [0.2, 0.25) is 5.89 Å². The molecule has 0 spiro atoms. The summed E-state index contributed by atoms with van der Waals surface area (Å²) in [5.74, 6) is 2.96. The van der Waals surface area contributed by atoms with Crippen LogP contribution in [0.4, 0.5) is 0 Å². The lowest BCUT2D eigenvalue weighted by atomic mass is 10.0. The minimum absolute atomic E-state index is 0.199. The second kappa shape index (κ2) is 8.80. The Labute approximate surface area is 174 Å². The highest BCUT2D eigenvalue weighted by molar-refractivity contribution is 7.80. The highest BCUT2D eigenvalue weighted by atomic mass is 32.1. The van der Waals surface area contributed by atoms with E-state index >= 15 is 0 Å². The predicted molar refractivity (Wildman–Crippen MR) is 111 cm³/mol. The van der Waals surface area contributed by atoms with Gasteiger partial charge in [-0.1, -0.05) is 0 Å². The van der Waals surface area contributed by atoms with Crippen LogP contribution >= 0.6 is 12.6 Å². The molecule has 29 heavy (non-hydrogen) atoms. The normalized spacial score (nSPS) is 11.4. The Morgan fingerprint density at radius 1 is 0.862 bits per heavy atom. The fraction of sp³-hybridized carbons (Fsp3) is 0.238. The van der Waals surface area contributed by atoms with E-state index in [1.54, 1.807) is 52.7 Å². The summed E-state index contributed by atoms with van der Waals surface area (Å²) in [6.45, 7) is 0. The number of hydrogen-bond acceptors (Lipinski definition) is 8. The van der Waals surface area contributed by atoms with E-state index in [0.29, 0.717) is 40.0 Å². The molecule has 150 valence electrons. The lowest BCUT2D eigenvalue weighted by Crippen LogP contribution is -1.93. The van der Waals surface area contributed by atoms with E-state index in [1.165, 1.54) is 0 Å². The molecule has 0 bridgehead atoms. The minimum Gasteiger partial charge on any atom is -0.493 e. The topological polar surface area (TPSA) is 86.7 Å². The zero-order chi connectivity index (χ0) is 21.0. The molecule has 0 aliphatic rings. The summed E-state index contributed by atoms with van der Waals surface area (Å²) < 4.78 is 27.3. The molecule has 0 aliphatic carbocycles. The summed E-state index contributed by atoms with van der Waals surface area (Å²) in [6.07, 6.45) is 0. The van der Waals surface area contributed by atoms with Gasteiger partial charge in [-0.3, -0.25) is 0 Å². The zero-order valence-electron chi connectivity index (χ0n) is 16.4. The fourth-order valence-electron chi connectivity index (χ4n) is 2.86. The van der Waals surface area contributed by atoms with Crippen LogP contribution in [0, 0.1) is 11.3 Å². The van der Waals surface area contributed by atoms with Gasteiger partial charge in [0.25, 0.3) is 0 Å². The summed E-state index contributed by atoms with van der Waals surface area (Å²) in [5, 5.41) is 8.43. The Balaban J connectivity index is 2.20. The molecule has 1 unspecified atom stereocenters. The lowest BCUT2D eigenvalue weighted by Gasteiger charge is -2.10. The van der Waals surface area contributed by atoms with Crippen molar-refractivity contribution >= 4 is 12.6 Å². The number of rotatable bonds is 7. The van der Waals surface area contributed by atoms with Crippen molar-refractivity contribution in [3.05, 3.63) is 42.3 Å². The molecular formula is C21H20N2O5S. The van der Waals surface area contributed by atoms with Gasteiger partial charge in [0.05, 0.1) is 34.5 Å². The molecule has 0 saturated heterocycles. The Hall–Kier alpha value is -3.31. The van der Waals surface area contributed by atoms with Crippen LogP contribution in [0.1, 0.15) is 11.1 Å². The minimum atomic E-state index is -0.803.